The van der Waals surface area contributed by atoms with Gasteiger partial charge in [0, 0.05) is 13.2 Å². The fraction of sp³-hybridized carbons (Fsp3) is 0.500. The largest absolute Gasteiger partial charge is 0.481 e. The van der Waals surface area contributed by atoms with Crippen molar-refractivity contribution in [1.82, 2.24) is 15.6 Å². The van der Waals surface area contributed by atoms with Crippen LogP contribution < -0.4 is 10.6 Å². The number of nitrogens with one attached hydrogen (secondary N) is 2. The van der Waals surface area contributed by atoms with Gasteiger partial charge in [0.2, 0.25) is 0 Å². The van der Waals surface area contributed by atoms with Gasteiger partial charge >= 0.3 is 5.97 Å². The minimum absolute atomic E-state index is 0.219. The molecule has 1 aromatic rings. The molecule has 1 aliphatic carbocycles. The van der Waals surface area contributed by atoms with E-state index >= 15 is 0 Å². The second kappa shape index (κ2) is 6.76. The van der Waals surface area contributed by atoms with E-state index in [2.05, 4.69) is 15.6 Å². The molecule has 0 saturated heterocycles. The molecule has 1 aliphatic rings. The number of pyridine rings is 1. The molecule has 1 saturated carbocycles. The molecule has 0 aromatic carbocycles. The fourth-order valence-corrected chi connectivity index (χ4v) is 3.00. The van der Waals surface area contributed by atoms with Gasteiger partial charge in [-0.25, -0.2) is 0 Å². The molecule has 7 nitrogen and oxygen atoms in total. The predicted octanol–water partition coefficient (Wildman–Crippen LogP) is 1.20. The Balaban J connectivity index is 2.14. The zero-order valence-corrected chi connectivity index (χ0v) is 13.3. The second-order valence-corrected chi connectivity index (χ2v) is 6.02. The van der Waals surface area contributed by atoms with Crippen molar-refractivity contribution < 1.29 is 19.5 Å². The van der Waals surface area contributed by atoms with Crippen molar-refractivity contribution in [2.24, 2.45) is 5.92 Å². The number of carboxylic acid groups (broad SMARTS) is 1. The van der Waals surface area contributed by atoms with Gasteiger partial charge in [-0.05, 0) is 31.9 Å². The first-order valence-corrected chi connectivity index (χ1v) is 7.61. The molecule has 1 heterocycles. The van der Waals surface area contributed by atoms with Crippen molar-refractivity contribution >= 4 is 17.8 Å². The highest BCUT2D eigenvalue weighted by Crippen LogP contribution is 2.34. The van der Waals surface area contributed by atoms with E-state index in [1.54, 1.807) is 6.92 Å². The molecule has 0 spiro atoms. The summed E-state index contributed by atoms with van der Waals surface area (Å²) in [6, 6.07) is 2.97. The summed E-state index contributed by atoms with van der Waals surface area (Å²) < 4.78 is 0. The third kappa shape index (κ3) is 3.67. The van der Waals surface area contributed by atoms with Crippen LogP contribution in [-0.4, -0.2) is 40.5 Å². The summed E-state index contributed by atoms with van der Waals surface area (Å²) in [6.45, 7) is 1.77. The van der Waals surface area contributed by atoms with Crippen molar-refractivity contribution in [2.45, 2.75) is 38.1 Å². The van der Waals surface area contributed by atoms with E-state index in [9.17, 15) is 19.5 Å². The van der Waals surface area contributed by atoms with Crippen LogP contribution in [0.1, 0.15) is 53.5 Å². The maximum absolute atomic E-state index is 12.4. The van der Waals surface area contributed by atoms with Gasteiger partial charge < -0.3 is 15.7 Å². The maximum Gasteiger partial charge on any atom is 0.308 e. The summed E-state index contributed by atoms with van der Waals surface area (Å²) in [5.74, 6) is -2.20. The minimum atomic E-state index is -0.888. The summed E-state index contributed by atoms with van der Waals surface area (Å²) in [6.07, 6.45) is 4.24. The topological polar surface area (TPSA) is 108 Å². The van der Waals surface area contributed by atoms with Crippen molar-refractivity contribution in [3.63, 3.8) is 0 Å². The number of carbonyl (C=O) groups excluding carboxylic acids is 2. The van der Waals surface area contributed by atoms with Gasteiger partial charge in [-0.15, -0.1) is 0 Å². The van der Waals surface area contributed by atoms with Crippen LogP contribution >= 0.6 is 0 Å². The Kier molecular flexibility index (Phi) is 4.98. The lowest BCUT2D eigenvalue weighted by Gasteiger charge is -2.39. The molecular formula is C16H21N3O4. The Hall–Kier alpha value is -2.44. The van der Waals surface area contributed by atoms with E-state index in [1.165, 1.54) is 25.4 Å². The molecule has 2 amide bonds. The Bertz CT molecular complexity index is 614. The van der Waals surface area contributed by atoms with Gasteiger partial charge in [0.25, 0.3) is 11.8 Å². The molecule has 124 valence electrons. The van der Waals surface area contributed by atoms with Gasteiger partial charge in [0.05, 0.1) is 17.0 Å². The zero-order chi connectivity index (χ0) is 17.0. The third-order valence-electron chi connectivity index (χ3n) is 4.39. The summed E-state index contributed by atoms with van der Waals surface area (Å²) >= 11 is 0. The van der Waals surface area contributed by atoms with Gasteiger partial charge in [-0.1, -0.05) is 12.8 Å². The monoisotopic (exact) mass is 319 g/mol. The highest BCUT2D eigenvalue weighted by molar-refractivity contribution is 5.96. The Morgan fingerprint density at radius 3 is 2.57 bits per heavy atom. The van der Waals surface area contributed by atoms with E-state index in [0.717, 1.165) is 12.8 Å². The molecule has 3 N–H and O–H groups in total. The summed E-state index contributed by atoms with van der Waals surface area (Å²) in [5.41, 5.74) is -0.259. The van der Waals surface area contributed by atoms with E-state index in [1.807, 2.05) is 0 Å². The molecule has 0 radical (unpaired) electrons. The summed E-state index contributed by atoms with van der Waals surface area (Å²) in [4.78, 5) is 39.2. The first-order valence-electron chi connectivity index (χ1n) is 7.61. The van der Waals surface area contributed by atoms with Gasteiger partial charge in [0.1, 0.15) is 5.69 Å². The first kappa shape index (κ1) is 16.9. The highest BCUT2D eigenvalue weighted by Gasteiger charge is 2.42. The lowest BCUT2D eigenvalue weighted by molar-refractivity contribution is -0.145. The lowest BCUT2D eigenvalue weighted by atomic mass is 9.74. The maximum atomic E-state index is 12.4. The average molecular weight is 319 g/mol. The number of aliphatic carboxylic acids is 1. The molecule has 7 heteroatoms. The third-order valence-corrected chi connectivity index (χ3v) is 4.39. The molecule has 23 heavy (non-hydrogen) atoms. The first-order chi connectivity index (χ1) is 10.9. The van der Waals surface area contributed by atoms with E-state index in [4.69, 9.17) is 0 Å². The number of rotatable bonds is 4. The lowest BCUT2D eigenvalue weighted by Crippen LogP contribution is -2.55. The number of carboxylic acids is 1. The van der Waals surface area contributed by atoms with Gasteiger partial charge in [0.15, 0.2) is 0 Å². The smallest absolute Gasteiger partial charge is 0.308 e. The van der Waals surface area contributed by atoms with Crippen molar-refractivity contribution in [2.75, 3.05) is 7.05 Å². The number of aromatic nitrogens is 1. The minimum Gasteiger partial charge on any atom is -0.481 e. The quantitative estimate of drug-likeness (QED) is 0.773. The van der Waals surface area contributed by atoms with Crippen molar-refractivity contribution in [3.8, 4) is 0 Å². The standard InChI is InChI=1S/C16H21N3O4/c1-16(8-4-3-5-11(16)15(22)23)19-13(20)10-6-7-12(18-9-10)14(21)17-2/h6-7,9,11H,3-5,8H2,1-2H3,(H,17,21)(H,19,20)(H,22,23). The van der Waals surface area contributed by atoms with Crippen molar-refractivity contribution in [1.29, 1.82) is 0 Å². The molecule has 2 rings (SSSR count). The Labute approximate surface area is 134 Å². The molecule has 1 fully saturated rings. The molecule has 2 atom stereocenters. The van der Waals surface area contributed by atoms with Crippen LogP contribution in [0.2, 0.25) is 0 Å². The van der Waals surface area contributed by atoms with Crippen LogP contribution in [0.3, 0.4) is 0 Å². The zero-order valence-electron chi connectivity index (χ0n) is 13.3. The van der Waals surface area contributed by atoms with E-state index < -0.39 is 17.4 Å². The number of nitrogens with zero attached hydrogens (tertiary/aromatic N) is 1. The van der Waals surface area contributed by atoms with Crippen LogP contribution in [0, 0.1) is 5.92 Å². The number of amides is 2. The van der Waals surface area contributed by atoms with Gasteiger partial charge in [-0.3, -0.25) is 19.4 Å². The SMILES string of the molecule is CNC(=O)c1ccc(C(=O)NC2(C)CCCCC2C(=O)O)cn1. The van der Waals surface area contributed by atoms with Crippen LogP contribution in [-0.2, 0) is 4.79 Å². The number of carbonyl (C=O) groups is 3. The van der Waals surface area contributed by atoms with Crippen LogP contribution in [0.25, 0.3) is 0 Å². The summed E-state index contributed by atoms with van der Waals surface area (Å²) in [7, 11) is 1.50. The average Bonchev–Trinajstić information content (AvgIpc) is 2.54. The molecule has 0 aliphatic heterocycles. The second-order valence-electron chi connectivity index (χ2n) is 6.02. The normalized spacial score (nSPS) is 23.8. The summed E-state index contributed by atoms with van der Waals surface area (Å²) in [5, 5.41) is 14.7. The molecular weight excluding hydrogens is 298 g/mol. The number of hydrogen-bond acceptors (Lipinski definition) is 4. The van der Waals surface area contributed by atoms with Crippen LogP contribution in [0.15, 0.2) is 18.3 Å². The Morgan fingerprint density at radius 2 is 2.00 bits per heavy atom. The van der Waals surface area contributed by atoms with Gasteiger partial charge in [-0.2, -0.15) is 0 Å². The van der Waals surface area contributed by atoms with Crippen LogP contribution in [0.5, 0.6) is 0 Å². The van der Waals surface area contributed by atoms with Crippen molar-refractivity contribution in [3.05, 3.63) is 29.6 Å². The van der Waals surface area contributed by atoms with E-state index in [0.29, 0.717) is 18.4 Å². The fourth-order valence-electron chi connectivity index (χ4n) is 3.00. The molecule has 0 bridgehead atoms. The molecule has 1 aromatic heterocycles. The number of hydrogen-bond donors (Lipinski definition) is 3. The van der Waals surface area contributed by atoms with E-state index in [-0.39, 0.29) is 17.5 Å². The molecule has 2 unspecified atom stereocenters. The predicted molar refractivity (Wildman–Crippen MR) is 83.1 cm³/mol. The highest BCUT2D eigenvalue weighted by atomic mass is 16.4. The Morgan fingerprint density at radius 1 is 1.26 bits per heavy atom. The van der Waals surface area contributed by atoms with Crippen LogP contribution in [0.4, 0.5) is 0 Å².